The number of hydrogen-bond acceptors (Lipinski definition) is 7. The Morgan fingerprint density at radius 1 is 1.48 bits per heavy atom. The number of thiazole rings is 1. The van der Waals surface area contributed by atoms with E-state index in [2.05, 4.69) is 27.2 Å². The molecule has 21 heavy (non-hydrogen) atoms. The van der Waals surface area contributed by atoms with E-state index in [9.17, 15) is 4.79 Å². The van der Waals surface area contributed by atoms with Crippen LogP contribution in [0.2, 0.25) is 0 Å². The molecular weight excluding hydrogens is 290 g/mol. The van der Waals surface area contributed by atoms with Gasteiger partial charge in [-0.05, 0) is 6.92 Å². The van der Waals surface area contributed by atoms with Gasteiger partial charge in [0.2, 0.25) is 0 Å². The second-order valence-electron chi connectivity index (χ2n) is 4.38. The average Bonchev–Trinajstić information content (AvgIpc) is 2.96. The van der Waals surface area contributed by atoms with Crippen molar-refractivity contribution in [1.29, 1.82) is 0 Å². The summed E-state index contributed by atoms with van der Waals surface area (Å²) in [6.45, 7) is 3.56. The van der Waals surface area contributed by atoms with Crippen LogP contribution in [0.1, 0.15) is 22.4 Å². The van der Waals surface area contributed by atoms with Crippen LogP contribution in [0.15, 0.2) is 17.8 Å². The zero-order valence-electron chi connectivity index (χ0n) is 11.9. The molecule has 0 atom stereocenters. The summed E-state index contributed by atoms with van der Waals surface area (Å²) in [6.07, 6.45) is 2.18. The summed E-state index contributed by atoms with van der Waals surface area (Å²) in [6, 6.07) is 1.88. The van der Waals surface area contributed by atoms with E-state index in [1.54, 1.807) is 5.38 Å². The predicted molar refractivity (Wildman–Crippen MR) is 82.2 cm³/mol. The van der Waals surface area contributed by atoms with Crippen molar-refractivity contribution >= 4 is 28.9 Å². The molecule has 0 aliphatic rings. The van der Waals surface area contributed by atoms with E-state index in [1.165, 1.54) is 17.7 Å². The van der Waals surface area contributed by atoms with Gasteiger partial charge in [-0.2, -0.15) is 0 Å². The topological polar surface area (TPSA) is 91.2 Å². The number of aromatic nitrogens is 3. The highest BCUT2D eigenvalue weighted by atomic mass is 32.1. The standard InChI is InChI=1S/C13H17N5O2S/c1-3-18(2)11-6-10(15-8-16-11)14-5-4-12-17-9(7-21-12)13(19)20/h6-8H,3-5H2,1-2H3,(H,19,20)(H,14,15,16). The van der Waals surface area contributed by atoms with Crippen LogP contribution >= 0.6 is 11.3 Å². The quantitative estimate of drug-likeness (QED) is 0.805. The number of nitrogens with zero attached hydrogens (tertiary/aromatic N) is 4. The normalized spacial score (nSPS) is 10.4. The molecule has 0 spiro atoms. The summed E-state index contributed by atoms with van der Waals surface area (Å²) >= 11 is 1.35. The Labute approximate surface area is 126 Å². The van der Waals surface area contributed by atoms with Crippen LogP contribution < -0.4 is 10.2 Å². The van der Waals surface area contributed by atoms with E-state index in [1.807, 2.05) is 18.0 Å². The fourth-order valence-corrected chi connectivity index (χ4v) is 2.41. The molecule has 0 fully saturated rings. The van der Waals surface area contributed by atoms with Crippen LogP contribution in [0.4, 0.5) is 11.6 Å². The molecule has 0 saturated heterocycles. The van der Waals surface area contributed by atoms with Gasteiger partial charge in [-0.25, -0.2) is 19.7 Å². The molecule has 2 aromatic rings. The molecule has 2 rings (SSSR count). The van der Waals surface area contributed by atoms with Crippen LogP contribution in [-0.4, -0.2) is 46.2 Å². The van der Waals surface area contributed by atoms with E-state index >= 15 is 0 Å². The maximum atomic E-state index is 10.7. The van der Waals surface area contributed by atoms with Crippen molar-refractivity contribution in [3.8, 4) is 0 Å². The van der Waals surface area contributed by atoms with E-state index in [0.29, 0.717) is 13.0 Å². The van der Waals surface area contributed by atoms with Crippen molar-refractivity contribution < 1.29 is 9.90 Å². The zero-order valence-corrected chi connectivity index (χ0v) is 12.7. The van der Waals surface area contributed by atoms with Crippen molar-refractivity contribution in [2.45, 2.75) is 13.3 Å². The first-order chi connectivity index (χ1) is 10.1. The number of carboxylic acid groups (broad SMARTS) is 1. The summed E-state index contributed by atoms with van der Waals surface area (Å²) < 4.78 is 0. The minimum Gasteiger partial charge on any atom is -0.476 e. The number of aromatic carboxylic acids is 1. The molecule has 0 unspecified atom stereocenters. The lowest BCUT2D eigenvalue weighted by Crippen LogP contribution is -2.17. The Kier molecular flexibility index (Phi) is 5.04. The third kappa shape index (κ3) is 4.12. The monoisotopic (exact) mass is 307 g/mol. The van der Waals surface area contributed by atoms with Crippen LogP contribution in [-0.2, 0) is 6.42 Å². The summed E-state index contributed by atoms with van der Waals surface area (Å²) in [7, 11) is 1.97. The number of anilines is 2. The molecule has 0 radical (unpaired) electrons. The van der Waals surface area contributed by atoms with Gasteiger partial charge in [-0.1, -0.05) is 0 Å². The maximum Gasteiger partial charge on any atom is 0.355 e. The number of hydrogen-bond donors (Lipinski definition) is 2. The Hall–Kier alpha value is -2.22. The number of rotatable bonds is 7. The largest absolute Gasteiger partial charge is 0.476 e. The highest BCUT2D eigenvalue weighted by Crippen LogP contribution is 2.13. The van der Waals surface area contributed by atoms with Crippen LogP contribution in [0.5, 0.6) is 0 Å². The zero-order chi connectivity index (χ0) is 15.2. The minimum absolute atomic E-state index is 0.101. The van der Waals surface area contributed by atoms with Crippen molar-refractivity contribution in [1.82, 2.24) is 15.0 Å². The molecule has 2 heterocycles. The third-order valence-electron chi connectivity index (χ3n) is 2.93. The summed E-state index contributed by atoms with van der Waals surface area (Å²) in [5, 5.41) is 14.4. The van der Waals surface area contributed by atoms with Gasteiger partial charge < -0.3 is 15.3 Å². The fourth-order valence-electron chi connectivity index (χ4n) is 1.64. The van der Waals surface area contributed by atoms with E-state index in [4.69, 9.17) is 5.11 Å². The first-order valence-electron chi connectivity index (χ1n) is 6.55. The second kappa shape index (κ2) is 6.98. The summed E-state index contributed by atoms with van der Waals surface area (Å²) in [5.41, 5.74) is 0.101. The maximum absolute atomic E-state index is 10.7. The Bertz CT molecular complexity index is 616. The molecule has 2 N–H and O–H groups in total. The molecule has 0 aliphatic carbocycles. The second-order valence-corrected chi connectivity index (χ2v) is 5.33. The summed E-state index contributed by atoms with van der Waals surface area (Å²) in [5.74, 6) is 0.612. The van der Waals surface area contributed by atoms with E-state index < -0.39 is 5.97 Å². The molecule has 2 aromatic heterocycles. The van der Waals surface area contributed by atoms with Crippen LogP contribution in [0.25, 0.3) is 0 Å². The Morgan fingerprint density at radius 3 is 2.95 bits per heavy atom. The van der Waals surface area contributed by atoms with Gasteiger partial charge in [-0.15, -0.1) is 11.3 Å². The molecule has 0 aliphatic heterocycles. The Morgan fingerprint density at radius 2 is 2.29 bits per heavy atom. The first kappa shape index (κ1) is 15.2. The summed E-state index contributed by atoms with van der Waals surface area (Å²) in [4.78, 5) is 25.2. The molecule has 7 nitrogen and oxygen atoms in total. The molecule has 0 bridgehead atoms. The lowest BCUT2D eigenvalue weighted by molar-refractivity contribution is 0.0691. The number of nitrogens with one attached hydrogen (secondary N) is 1. The highest BCUT2D eigenvalue weighted by molar-refractivity contribution is 7.09. The minimum atomic E-state index is -0.992. The van der Waals surface area contributed by atoms with E-state index in [-0.39, 0.29) is 5.69 Å². The first-order valence-corrected chi connectivity index (χ1v) is 7.43. The van der Waals surface area contributed by atoms with Gasteiger partial charge in [0.05, 0.1) is 5.01 Å². The molecule has 0 saturated carbocycles. The molecule has 0 aromatic carbocycles. The highest BCUT2D eigenvalue weighted by Gasteiger charge is 2.08. The van der Waals surface area contributed by atoms with Crippen molar-refractivity contribution in [3.63, 3.8) is 0 Å². The van der Waals surface area contributed by atoms with Gasteiger partial charge in [0.15, 0.2) is 5.69 Å². The van der Waals surface area contributed by atoms with E-state index in [0.717, 1.165) is 23.2 Å². The number of carboxylic acids is 1. The molecule has 0 amide bonds. The average molecular weight is 307 g/mol. The van der Waals surface area contributed by atoms with Crippen LogP contribution in [0, 0.1) is 0 Å². The lowest BCUT2D eigenvalue weighted by atomic mass is 10.4. The molecular formula is C13H17N5O2S. The number of carbonyl (C=O) groups is 1. The van der Waals surface area contributed by atoms with Crippen molar-refractivity contribution in [3.05, 3.63) is 28.5 Å². The van der Waals surface area contributed by atoms with Crippen molar-refractivity contribution in [2.75, 3.05) is 30.4 Å². The van der Waals surface area contributed by atoms with Gasteiger partial charge in [0, 0.05) is 38.0 Å². The lowest BCUT2D eigenvalue weighted by Gasteiger charge is -2.15. The van der Waals surface area contributed by atoms with Gasteiger partial charge in [-0.3, -0.25) is 0 Å². The fraction of sp³-hybridized carbons (Fsp3) is 0.385. The predicted octanol–water partition coefficient (Wildman–Crippen LogP) is 1.74. The molecule has 112 valence electrons. The SMILES string of the molecule is CCN(C)c1cc(NCCc2nc(C(=O)O)cs2)ncn1. The molecule has 8 heteroatoms. The van der Waals surface area contributed by atoms with Gasteiger partial charge in [0.1, 0.15) is 18.0 Å². The van der Waals surface area contributed by atoms with Crippen LogP contribution in [0.3, 0.4) is 0 Å². The third-order valence-corrected chi connectivity index (χ3v) is 3.84. The van der Waals surface area contributed by atoms with Gasteiger partial charge in [0.25, 0.3) is 0 Å². The Balaban J connectivity index is 1.89. The van der Waals surface area contributed by atoms with Crippen molar-refractivity contribution in [2.24, 2.45) is 0 Å². The van der Waals surface area contributed by atoms with Gasteiger partial charge >= 0.3 is 5.97 Å². The smallest absolute Gasteiger partial charge is 0.355 e.